The molecule has 10 heterocycles. The number of aliphatic hydroxyl groups is 1. The van der Waals surface area contributed by atoms with Gasteiger partial charge in [-0.05, 0) is 62.0 Å². The summed E-state index contributed by atoms with van der Waals surface area (Å²) in [5, 5.41) is 10.5. The largest absolute Gasteiger partial charge is 0.392 e. The molecular weight excluding hydrogens is 670 g/mol. The number of ether oxygens (including phenoxy) is 9. The minimum Gasteiger partial charge on any atom is -0.392 e. The highest BCUT2D eigenvalue weighted by Crippen LogP contribution is 2.54. The Morgan fingerprint density at radius 1 is 0.808 bits per heavy atom. The van der Waals surface area contributed by atoms with Gasteiger partial charge in [-0.15, -0.1) is 0 Å². The molecule has 0 radical (unpaired) electrons. The molecule has 0 aromatic rings. The highest BCUT2D eigenvalue weighted by atomic mass is 16.8. The van der Waals surface area contributed by atoms with E-state index in [1.54, 1.807) is 7.11 Å². The second-order valence-corrected chi connectivity index (χ2v) is 17.4. The van der Waals surface area contributed by atoms with Gasteiger partial charge in [-0.1, -0.05) is 20.1 Å². The second-order valence-electron chi connectivity index (χ2n) is 17.4. The molecule has 10 rings (SSSR count). The van der Waals surface area contributed by atoms with Crippen molar-refractivity contribution >= 4 is 5.78 Å². The maximum absolute atomic E-state index is 14.1. The zero-order valence-electron chi connectivity index (χ0n) is 30.8. The molecule has 19 atom stereocenters. The molecule has 12 nitrogen and oxygen atoms in total. The van der Waals surface area contributed by atoms with E-state index >= 15 is 0 Å². The van der Waals surface area contributed by atoms with Gasteiger partial charge in [-0.3, -0.25) is 4.79 Å². The van der Waals surface area contributed by atoms with Gasteiger partial charge >= 0.3 is 0 Å². The molecule has 52 heavy (non-hydrogen) atoms. The highest BCUT2D eigenvalue weighted by molar-refractivity contribution is 5.79. The van der Waals surface area contributed by atoms with E-state index in [0.29, 0.717) is 25.7 Å². The summed E-state index contributed by atoms with van der Waals surface area (Å²) >= 11 is 0. The lowest BCUT2D eigenvalue weighted by atomic mass is 9.81. The van der Waals surface area contributed by atoms with E-state index in [4.69, 9.17) is 48.4 Å². The van der Waals surface area contributed by atoms with Crippen molar-refractivity contribution in [3.8, 4) is 0 Å². The van der Waals surface area contributed by atoms with Crippen LogP contribution in [0, 0.1) is 11.8 Å². The molecule has 18 unspecified atom stereocenters. The SMILES string of the molecule is C=C1CC2CCC34CC5OC6C(O3)C3OC(CCC3O[C@H]6C5O4)CC(=O)CC3C(CC4OC(CCC1O2)CC(C)C4=C)OC(CC(O)CN)C3OC. The molecule has 0 aromatic heterocycles. The topological polar surface area (TPSA) is 146 Å². The second kappa shape index (κ2) is 14.3. The average molecular weight is 730 g/mol. The Morgan fingerprint density at radius 3 is 2.38 bits per heavy atom. The van der Waals surface area contributed by atoms with Gasteiger partial charge < -0.3 is 53.5 Å². The van der Waals surface area contributed by atoms with Crippen molar-refractivity contribution in [3.05, 3.63) is 24.3 Å². The van der Waals surface area contributed by atoms with Gasteiger partial charge in [0, 0.05) is 58.1 Å². The summed E-state index contributed by atoms with van der Waals surface area (Å²) < 4.78 is 60.0. The number of hydrogen-bond donors (Lipinski definition) is 2. The molecule has 12 bridgehead atoms. The Morgan fingerprint density at radius 2 is 1.56 bits per heavy atom. The van der Waals surface area contributed by atoms with E-state index in [1.165, 1.54) is 0 Å². The van der Waals surface area contributed by atoms with Gasteiger partial charge in [0.2, 0.25) is 0 Å². The Hall–Kier alpha value is -1.29. The third-order valence-corrected chi connectivity index (χ3v) is 14.0. The molecule has 1 spiro atoms. The van der Waals surface area contributed by atoms with Crippen LogP contribution in [0.25, 0.3) is 0 Å². The van der Waals surface area contributed by atoms with Gasteiger partial charge in [0.25, 0.3) is 0 Å². The van der Waals surface area contributed by atoms with Crippen LogP contribution in [0.15, 0.2) is 24.3 Å². The smallest absolute Gasteiger partial charge is 0.172 e. The van der Waals surface area contributed by atoms with Crippen molar-refractivity contribution < 1.29 is 52.5 Å². The summed E-state index contributed by atoms with van der Waals surface area (Å²) in [5.74, 6) is -0.619. The minimum atomic E-state index is -0.780. The van der Waals surface area contributed by atoms with Crippen LogP contribution in [0.4, 0.5) is 0 Å². The van der Waals surface area contributed by atoms with Crippen LogP contribution < -0.4 is 5.73 Å². The number of carbonyl (C=O) groups is 1. The Balaban J connectivity index is 0.994. The zero-order chi connectivity index (χ0) is 35.9. The van der Waals surface area contributed by atoms with Gasteiger partial charge in [-0.25, -0.2) is 0 Å². The summed E-state index contributed by atoms with van der Waals surface area (Å²) in [6, 6.07) is 0. The molecule has 10 aliphatic rings. The lowest BCUT2D eigenvalue weighted by Gasteiger charge is -2.47. The maximum atomic E-state index is 14.1. The molecule has 0 aromatic carbocycles. The van der Waals surface area contributed by atoms with Gasteiger partial charge in [0.1, 0.15) is 36.3 Å². The van der Waals surface area contributed by atoms with Gasteiger partial charge in [0.15, 0.2) is 5.79 Å². The monoisotopic (exact) mass is 729 g/mol. The summed E-state index contributed by atoms with van der Waals surface area (Å²) in [6.45, 7) is 11.3. The molecule has 0 aliphatic carbocycles. The standard InChI is InChI=1S/C40H59NO11/c1-19-11-24-5-7-28-20(2)12-26(45-28)9-10-40-17-33-36(51-40)37-38(50-33)39(52-40)35-29(49-37)8-6-25(47-35)13-22(42)14-27-31(16-30(46-24)21(19)3)48-32(34(27)44-4)15-23(43)18-41/h19,23-39,43H,2-3,5-18,41H2,1,4H3/t19?,23?,24?,25?,26?,27?,28?,29?,30?,31?,32?,33?,34?,35?,36?,37-,38?,39?,40?/m0/s1. The van der Waals surface area contributed by atoms with Crippen LogP contribution >= 0.6 is 0 Å². The first-order chi connectivity index (χ1) is 25.1. The summed E-state index contributed by atoms with van der Waals surface area (Å²) in [6.07, 6.45) is 4.85. The summed E-state index contributed by atoms with van der Waals surface area (Å²) in [7, 11) is 1.66. The van der Waals surface area contributed by atoms with Crippen molar-refractivity contribution in [1.29, 1.82) is 0 Å². The molecule has 0 saturated carbocycles. The fourth-order valence-electron chi connectivity index (χ4n) is 11.3. The third kappa shape index (κ3) is 6.59. The number of carbonyl (C=O) groups excluding carboxylic acids is 1. The first kappa shape index (κ1) is 36.4. The lowest BCUT2D eigenvalue weighted by molar-refractivity contribution is -0.292. The number of nitrogens with two attached hydrogens (primary N) is 1. The summed E-state index contributed by atoms with van der Waals surface area (Å²) in [5.41, 5.74) is 8.01. The quantitative estimate of drug-likeness (QED) is 0.409. The number of hydrogen-bond acceptors (Lipinski definition) is 12. The first-order valence-electron chi connectivity index (χ1n) is 20.2. The van der Waals surface area contributed by atoms with Crippen LogP contribution in [0.3, 0.4) is 0 Å². The number of fused-ring (bicyclic) bond motifs is 6. The molecule has 290 valence electrons. The van der Waals surface area contributed by atoms with E-state index in [1.807, 2.05) is 0 Å². The van der Waals surface area contributed by atoms with E-state index in [9.17, 15) is 9.90 Å². The molecule has 10 saturated heterocycles. The molecule has 10 aliphatic heterocycles. The highest BCUT2D eigenvalue weighted by Gasteiger charge is 2.68. The maximum Gasteiger partial charge on any atom is 0.172 e. The minimum absolute atomic E-state index is 0.0158. The van der Waals surface area contributed by atoms with Crippen LogP contribution in [0.5, 0.6) is 0 Å². The molecule has 0 amide bonds. The van der Waals surface area contributed by atoms with Crippen molar-refractivity contribution in [2.45, 2.75) is 194 Å². The third-order valence-electron chi connectivity index (χ3n) is 14.0. The molecular formula is C40H59NO11. The number of aliphatic hydroxyl groups excluding tert-OH is 1. The number of rotatable bonds is 4. The van der Waals surface area contributed by atoms with Crippen molar-refractivity contribution in [2.24, 2.45) is 17.6 Å². The predicted molar refractivity (Wildman–Crippen MR) is 186 cm³/mol. The predicted octanol–water partition coefficient (Wildman–Crippen LogP) is 3.44. The summed E-state index contributed by atoms with van der Waals surface area (Å²) in [4.78, 5) is 14.1. The molecule has 3 N–H and O–H groups in total. The Bertz CT molecular complexity index is 1380. The fourth-order valence-corrected chi connectivity index (χ4v) is 11.3. The van der Waals surface area contributed by atoms with Crippen molar-refractivity contribution in [2.75, 3.05) is 13.7 Å². The molecule has 10 fully saturated rings. The number of methoxy groups -OCH3 is 1. The van der Waals surface area contributed by atoms with E-state index < -0.39 is 18.0 Å². The van der Waals surface area contributed by atoms with E-state index in [-0.39, 0.29) is 122 Å². The van der Waals surface area contributed by atoms with Crippen LogP contribution in [-0.4, -0.2) is 128 Å². The van der Waals surface area contributed by atoms with Crippen LogP contribution in [-0.2, 0) is 47.4 Å². The van der Waals surface area contributed by atoms with Crippen molar-refractivity contribution in [1.82, 2.24) is 0 Å². The fraction of sp³-hybridized carbons (Fsp3) is 0.875. The normalized spacial score (nSPS) is 52.4. The Labute approximate surface area is 307 Å². The van der Waals surface area contributed by atoms with E-state index in [2.05, 4.69) is 20.1 Å². The molecule has 12 heteroatoms. The van der Waals surface area contributed by atoms with Gasteiger partial charge in [-0.2, -0.15) is 0 Å². The number of ketones is 1. The van der Waals surface area contributed by atoms with Crippen LogP contribution in [0.1, 0.15) is 90.4 Å². The first-order valence-corrected chi connectivity index (χ1v) is 20.2. The van der Waals surface area contributed by atoms with Crippen molar-refractivity contribution in [3.63, 3.8) is 0 Å². The van der Waals surface area contributed by atoms with Gasteiger partial charge in [0.05, 0.1) is 67.1 Å². The van der Waals surface area contributed by atoms with E-state index in [0.717, 1.165) is 56.1 Å². The average Bonchev–Trinajstić information content (AvgIpc) is 3.79. The Kier molecular flexibility index (Phi) is 10.0. The lowest BCUT2D eigenvalue weighted by Crippen LogP contribution is -2.61. The van der Waals surface area contributed by atoms with Crippen LogP contribution in [0.2, 0.25) is 0 Å². The zero-order valence-corrected chi connectivity index (χ0v) is 30.8. The number of Topliss-reactive ketones (excluding diaryl/α,β-unsaturated/α-hetero) is 1.